The molecule has 0 heterocycles. The van der Waals surface area contributed by atoms with Crippen LogP contribution in [0.3, 0.4) is 0 Å². The van der Waals surface area contributed by atoms with Gasteiger partial charge >= 0.3 is 26.2 Å². The number of aryl methyl sites for hydroxylation is 3. The van der Waals surface area contributed by atoms with Crippen molar-refractivity contribution < 1.29 is 26.2 Å². The predicted octanol–water partition coefficient (Wildman–Crippen LogP) is 6.80. The summed E-state index contributed by atoms with van der Waals surface area (Å²) < 4.78 is 0. The molecule has 2 aromatic rings. The van der Waals surface area contributed by atoms with E-state index < -0.39 is 0 Å². The summed E-state index contributed by atoms with van der Waals surface area (Å²) in [5.74, 6) is 0. The Morgan fingerprint density at radius 2 is 1.74 bits per heavy atom. The number of hydrogen-bond acceptors (Lipinski definition) is 0. The van der Waals surface area contributed by atoms with Crippen LogP contribution in [0.1, 0.15) is 42.9 Å². The SMILES string of the molecule is CCCC1=[C-]CC=C1.Cc1ccc(C)c2c1cc[c-]2C.Cl.Cl.[Zr+2]. The van der Waals surface area contributed by atoms with E-state index in [9.17, 15) is 0 Å². The quantitative estimate of drug-likeness (QED) is 0.462. The van der Waals surface area contributed by atoms with Crippen LogP contribution >= 0.6 is 24.8 Å². The summed E-state index contributed by atoms with van der Waals surface area (Å²) in [5, 5.41) is 2.85. The van der Waals surface area contributed by atoms with Crippen molar-refractivity contribution in [3.63, 3.8) is 0 Å². The zero-order valence-corrected chi connectivity index (χ0v) is 18.5. The molecule has 0 bridgehead atoms. The fraction of sp³-hybridized carbons (Fsp3) is 0.350. The summed E-state index contributed by atoms with van der Waals surface area (Å²) in [7, 11) is 0. The molecule has 3 heteroatoms. The maximum absolute atomic E-state index is 3.26. The average Bonchev–Trinajstić information content (AvgIpc) is 3.06. The minimum Gasteiger partial charge on any atom is -0.269 e. The molecule has 0 spiro atoms. The summed E-state index contributed by atoms with van der Waals surface area (Å²) in [6, 6.07) is 8.80. The van der Waals surface area contributed by atoms with Gasteiger partial charge in [0.25, 0.3) is 0 Å². The van der Waals surface area contributed by atoms with Crippen molar-refractivity contribution in [3.05, 3.63) is 64.8 Å². The molecule has 0 atom stereocenters. The fourth-order valence-electron chi connectivity index (χ4n) is 2.75. The first kappa shape index (κ1) is 25.0. The molecule has 0 nitrogen and oxygen atoms in total. The Balaban J connectivity index is 0. The molecule has 0 amide bonds. The third kappa shape index (κ3) is 6.65. The molecule has 3 rings (SSSR count). The number of fused-ring (bicyclic) bond motifs is 1. The number of rotatable bonds is 2. The van der Waals surface area contributed by atoms with Crippen LogP contribution in [0.2, 0.25) is 0 Å². The predicted molar refractivity (Wildman–Crippen MR) is 104 cm³/mol. The Morgan fingerprint density at radius 3 is 2.26 bits per heavy atom. The first-order valence-corrected chi connectivity index (χ1v) is 7.52. The van der Waals surface area contributed by atoms with Crippen LogP contribution in [0.4, 0.5) is 0 Å². The average molecular weight is 429 g/mol. The van der Waals surface area contributed by atoms with Gasteiger partial charge in [0.1, 0.15) is 0 Å². The third-order valence-electron chi connectivity index (χ3n) is 3.85. The normalized spacial score (nSPS) is 11.6. The topological polar surface area (TPSA) is 0 Å². The van der Waals surface area contributed by atoms with Crippen LogP contribution < -0.4 is 0 Å². The van der Waals surface area contributed by atoms with Crippen molar-refractivity contribution in [2.24, 2.45) is 0 Å². The van der Waals surface area contributed by atoms with Gasteiger partial charge in [0.05, 0.1) is 0 Å². The van der Waals surface area contributed by atoms with E-state index >= 15 is 0 Å². The van der Waals surface area contributed by atoms with Crippen molar-refractivity contribution in [2.45, 2.75) is 47.0 Å². The van der Waals surface area contributed by atoms with E-state index in [1.807, 2.05) is 0 Å². The molecule has 0 saturated heterocycles. The van der Waals surface area contributed by atoms with E-state index in [0.29, 0.717) is 0 Å². The summed E-state index contributed by atoms with van der Waals surface area (Å²) in [5.41, 5.74) is 5.56. The van der Waals surface area contributed by atoms with Gasteiger partial charge in [-0.1, -0.05) is 45.2 Å². The van der Waals surface area contributed by atoms with Crippen molar-refractivity contribution >= 4 is 35.6 Å². The molecule has 0 N–H and O–H groups in total. The maximum Gasteiger partial charge on any atom is 2.00 e. The first-order chi connectivity index (χ1) is 9.63. The molecule has 0 aliphatic heterocycles. The molecule has 0 unspecified atom stereocenters. The number of allylic oxidation sites excluding steroid dienone is 4. The molecule has 0 saturated carbocycles. The molecular formula is C20H26Cl2Zr. The first-order valence-electron chi connectivity index (χ1n) is 7.52. The molecule has 2 aromatic carbocycles. The zero-order valence-electron chi connectivity index (χ0n) is 14.4. The Morgan fingerprint density at radius 1 is 1.09 bits per heavy atom. The van der Waals surface area contributed by atoms with Gasteiger partial charge in [0, 0.05) is 0 Å². The number of benzene rings is 1. The smallest absolute Gasteiger partial charge is 0.269 e. The van der Waals surface area contributed by atoms with Gasteiger partial charge < -0.3 is 0 Å². The second-order valence-electron chi connectivity index (χ2n) is 5.56. The molecule has 1 aliphatic carbocycles. The zero-order chi connectivity index (χ0) is 14.5. The molecule has 0 aromatic heterocycles. The summed E-state index contributed by atoms with van der Waals surface area (Å²) in [4.78, 5) is 0. The molecule has 124 valence electrons. The number of hydrogen-bond donors (Lipinski definition) is 0. The van der Waals surface area contributed by atoms with Gasteiger partial charge in [-0.2, -0.15) is 18.2 Å². The molecule has 0 radical (unpaired) electrons. The van der Waals surface area contributed by atoms with Crippen molar-refractivity contribution in [2.75, 3.05) is 0 Å². The van der Waals surface area contributed by atoms with Gasteiger partial charge in [-0.3, -0.25) is 6.08 Å². The summed E-state index contributed by atoms with van der Waals surface area (Å²) in [6.45, 7) is 8.71. The second-order valence-corrected chi connectivity index (χ2v) is 5.56. The van der Waals surface area contributed by atoms with Crippen LogP contribution in [0.5, 0.6) is 0 Å². The monoisotopic (exact) mass is 426 g/mol. The van der Waals surface area contributed by atoms with E-state index in [0.717, 1.165) is 6.42 Å². The molecule has 0 fully saturated rings. The molecule has 23 heavy (non-hydrogen) atoms. The van der Waals surface area contributed by atoms with Gasteiger partial charge in [-0.25, -0.2) is 11.6 Å². The van der Waals surface area contributed by atoms with Crippen LogP contribution in [-0.2, 0) is 26.2 Å². The van der Waals surface area contributed by atoms with Crippen molar-refractivity contribution in [1.29, 1.82) is 0 Å². The van der Waals surface area contributed by atoms with Crippen LogP contribution in [-0.4, -0.2) is 0 Å². The largest absolute Gasteiger partial charge is 2.00 e. The number of halogens is 2. The summed E-state index contributed by atoms with van der Waals surface area (Å²) in [6.07, 6.45) is 11.1. The van der Waals surface area contributed by atoms with E-state index in [1.165, 1.54) is 45.9 Å². The maximum atomic E-state index is 3.26. The van der Waals surface area contributed by atoms with E-state index in [1.54, 1.807) is 0 Å². The van der Waals surface area contributed by atoms with Crippen LogP contribution in [0.25, 0.3) is 10.8 Å². The second kappa shape index (κ2) is 12.2. The molecule has 1 aliphatic rings. The van der Waals surface area contributed by atoms with E-state index in [-0.39, 0.29) is 51.0 Å². The van der Waals surface area contributed by atoms with Crippen molar-refractivity contribution in [1.82, 2.24) is 0 Å². The van der Waals surface area contributed by atoms with Gasteiger partial charge in [-0.05, 0) is 6.92 Å². The van der Waals surface area contributed by atoms with Gasteiger partial charge in [0.2, 0.25) is 0 Å². The third-order valence-corrected chi connectivity index (χ3v) is 3.85. The Labute approximate surface area is 172 Å². The van der Waals surface area contributed by atoms with Crippen LogP contribution in [0.15, 0.2) is 42.0 Å². The van der Waals surface area contributed by atoms with Gasteiger partial charge in [0.15, 0.2) is 0 Å². The minimum absolute atomic E-state index is 0. The van der Waals surface area contributed by atoms with Crippen LogP contribution in [0, 0.1) is 26.8 Å². The summed E-state index contributed by atoms with van der Waals surface area (Å²) >= 11 is 0. The Bertz CT molecular complexity index is 651. The van der Waals surface area contributed by atoms with E-state index in [4.69, 9.17) is 0 Å². The van der Waals surface area contributed by atoms with Crippen molar-refractivity contribution in [3.8, 4) is 0 Å². The fourth-order valence-corrected chi connectivity index (χ4v) is 2.75. The van der Waals surface area contributed by atoms with Gasteiger partial charge in [-0.15, -0.1) is 59.2 Å². The van der Waals surface area contributed by atoms with E-state index in [2.05, 4.69) is 70.2 Å². The Kier molecular flexibility index (Phi) is 13.2. The Hall–Kier alpha value is -0.227. The minimum atomic E-state index is 0. The standard InChI is InChI=1S/C12H13.C8H11.2ClH.Zr/c1-8-4-5-9(2)12-10(3)6-7-11(8)12;1-2-5-8-6-3-4-7-8;;;/h4-7H,1-3H3;3,6H,2,4-5H2,1H3;2*1H;/q2*-1;;;+2. The molecular weight excluding hydrogens is 402 g/mol.